The first-order valence-electron chi connectivity index (χ1n) is 9.32. The number of fused-ring (bicyclic) bond motifs is 3. The molecule has 2 unspecified atom stereocenters. The van der Waals surface area contributed by atoms with Gasteiger partial charge in [0.25, 0.3) is 0 Å². The molecule has 2 heterocycles. The zero-order chi connectivity index (χ0) is 17.8. The van der Waals surface area contributed by atoms with E-state index in [2.05, 4.69) is 0 Å². The van der Waals surface area contributed by atoms with E-state index in [4.69, 9.17) is 4.98 Å². The van der Waals surface area contributed by atoms with Crippen molar-refractivity contribution in [3.63, 3.8) is 0 Å². The van der Waals surface area contributed by atoms with E-state index in [0.717, 1.165) is 58.7 Å². The number of nitrogens with zero attached hydrogens (tertiary/aromatic N) is 2. The molecule has 5 rings (SSSR count). The number of hydrogen-bond donors (Lipinski definition) is 0. The van der Waals surface area contributed by atoms with Gasteiger partial charge in [0.05, 0.1) is 28.6 Å². The Hall–Kier alpha value is -2.75. The Morgan fingerprint density at radius 1 is 0.885 bits per heavy atom. The SMILES string of the molecule is Cc1cccc2c(N3C(=O)C4CCCCC4C3=O)c3ccccc3nc12. The summed E-state index contributed by atoms with van der Waals surface area (Å²) < 4.78 is 0. The van der Waals surface area contributed by atoms with Gasteiger partial charge in [-0.1, -0.05) is 49.2 Å². The zero-order valence-electron chi connectivity index (χ0n) is 14.7. The molecule has 1 saturated heterocycles. The number of rotatable bonds is 1. The summed E-state index contributed by atoms with van der Waals surface area (Å²) in [5.74, 6) is -0.358. The fourth-order valence-corrected chi connectivity index (χ4v) is 4.66. The highest BCUT2D eigenvalue weighted by Gasteiger charge is 2.49. The molecule has 3 aromatic rings. The Labute approximate surface area is 151 Å². The van der Waals surface area contributed by atoms with Crippen LogP contribution in [0.2, 0.25) is 0 Å². The maximum atomic E-state index is 13.2. The minimum absolute atomic E-state index is 0.0288. The van der Waals surface area contributed by atoms with Gasteiger partial charge in [0, 0.05) is 10.8 Å². The van der Waals surface area contributed by atoms with Crippen molar-refractivity contribution in [2.75, 3.05) is 4.90 Å². The van der Waals surface area contributed by atoms with Gasteiger partial charge in [0.1, 0.15) is 0 Å². The van der Waals surface area contributed by atoms with Crippen LogP contribution in [0.1, 0.15) is 31.2 Å². The van der Waals surface area contributed by atoms with Crippen molar-refractivity contribution in [3.8, 4) is 0 Å². The Kier molecular flexibility index (Phi) is 3.36. The van der Waals surface area contributed by atoms with Gasteiger partial charge in [-0.15, -0.1) is 0 Å². The monoisotopic (exact) mass is 344 g/mol. The van der Waals surface area contributed by atoms with Crippen LogP contribution in [-0.2, 0) is 9.59 Å². The van der Waals surface area contributed by atoms with E-state index in [9.17, 15) is 9.59 Å². The van der Waals surface area contributed by atoms with Crippen LogP contribution < -0.4 is 4.90 Å². The Bertz CT molecular complexity index is 1050. The van der Waals surface area contributed by atoms with Crippen molar-refractivity contribution in [3.05, 3.63) is 48.0 Å². The number of pyridine rings is 1. The molecule has 2 atom stereocenters. The summed E-state index contributed by atoms with van der Waals surface area (Å²) in [5.41, 5.74) is 3.45. The number of carbonyl (C=O) groups excluding carboxylic acids is 2. The van der Waals surface area contributed by atoms with E-state index in [1.54, 1.807) is 0 Å². The summed E-state index contributed by atoms with van der Waals surface area (Å²) in [5, 5.41) is 1.75. The van der Waals surface area contributed by atoms with Crippen molar-refractivity contribution >= 4 is 39.3 Å². The summed E-state index contributed by atoms with van der Waals surface area (Å²) in [6.45, 7) is 2.02. The lowest BCUT2D eigenvalue weighted by molar-refractivity contribution is -0.122. The predicted octanol–water partition coefficient (Wildman–Crippen LogP) is 4.38. The summed E-state index contributed by atoms with van der Waals surface area (Å²) in [6.07, 6.45) is 3.72. The Morgan fingerprint density at radius 2 is 1.54 bits per heavy atom. The van der Waals surface area contributed by atoms with E-state index in [1.807, 2.05) is 49.4 Å². The van der Waals surface area contributed by atoms with Gasteiger partial charge in [0.2, 0.25) is 11.8 Å². The first-order valence-corrected chi connectivity index (χ1v) is 9.32. The number of para-hydroxylation sites is 2. The number of hydrogen-bond acceptors (Lipinski definition) is 3. The molecule has 1 aromatic heterocycles. The molecule has 1 aliphatic carbocycles. The van der Waals surface area contributed by atoms with Gasteiger partial charge in [-0.25, -0.2) is 9.88 Å². The number of anilines is 1. The molecule has 26 heavy (non-hydrogen) atoms. The van der Waals surface area contributed by atoms with Crippen LogP contribution in [0.25, 0.3) is 21.8 Å². The smallest absolute Gasteiger partial charge is 0.237 e. The molecule has 1 saturated carbocycles. The average Bonchev–Trinajstić information content (AvgIpc) is 2.92. The second-order valence-electron chi connectivity index (χ2n) is 7.46. The van der Waals surface area contributed by atoms with Crippen molar-refractivity contribution in [2.24, 2.45) is 11.8 Å². The highest BCUT2D eigenvalue weighted by atomic mass is 16.2. The normalized spacial score (nSPS) is 23.0. The van der Waals surface area contributed by atoms with Crippen molar-refractivity contribution in [2.45, 2.75) is 32.6 Å². The number of benzene rings is 2. The topological polar surface area (TPSA) is 50.3 Å². The standard InChI is InChI=1S/C22H20N2O2/c1-13-7-6-11-17-19(13)23-18-12-5-4-10-16(18)20(17)24-21(25)14-8-2-3-9-15(14)22(24)26/h4-7,10-12,14-15H,2-3,8-9H2,1H3. The van der Waals surface area contributed by atoms with Gasteiger partial charge in [-0.2, -0.15) is 0 Å². The molecule has 130 valence electrons. The lowest BCUT2D eigenvalue weighted by Crippen LogP contribution is -2.31. The summed E-state index contributed by atoms with van der Waals surface area (Å²) in [4.78, 5) is 32.7. The molecule has 2 aliphatic rings. The van der Waals surface area contributed by atoms with E-state index < -0.39 is 0 Å². The predicted molar refractivity (Wildman–Crippen MR) is 102 cm³/mol. The fourth-order valence-electron chi connectivity index (χ4n) is 4.66. The molecule has 0 bridgehead atoms. The maximum absolute atomic E-state index is 13.2. The van der Waals surface area contributed by atoms with Gasteiger partial charge < -0.3 is 0 Å². The molecular formula is C22H20N2O2. The van der Waals surface area contributed by atoms with E-state index in [-0.39, 0.29) is 23.7 Å². The highest BCUT2D eigenvalue weighted by molar-refractivity contribution is 6.28. The third kappa shape index (κ3) is 2.05. The zero-order valence-corrected chi connectivity index (χ0v) is 14.7. The number of carbonyl (C=O) groups is 2. The quantitative estimate of drug-likeness (QED) is 0.486. The molecule has 0 N–H and O–H groups in total. The summed E-state index contributed by atoms with van der Waals surface area (Å²) in [6, 6.07) is 13.7. The van der Waals surface area contributed by atoms with Gasteiger partial charge >= 0.3 is 0 Å². The van der Waals surface area contributed by atoms with Crippen LogP contribution in [0.3, 0.4) is 0 Å². The first kappa shape index (κ1) is 15.5. The molecular weight excluding hydrogens is 324 g/mol. The molecule has 1 aliphatic heterocycles. The average molecular weight is 344 g/mol. The van der Waals surface area contributed by atoms with Crippen LogP contribution in [-0.4, -0.2) is 16.8 Å². The Balaban J connectivity index is 1.83. The number of imide groups is 1. The van der Waals surface area contributed by atoms with Crippen LogP contribution in [0.15, 0.2) is 42.5 Å². The fraction of sp³-hybridized carbons (Fsp3) is 0.318. The van der Waals surface area contributed by atoms with E-state index >= 15 is 0 Å². The number of aromatic nitrogens is 1. The second-order valence-corrected chi connectivity index (χ2v) is 7.46. The maximum Gasteiger partial charge on any atom is 0.237 e. The van der Waals surface area contributed by atoms with Gasteiger partial charge in [-0.05, 0) is 31.4 Å². The van der Waals surface area contributed by atoms with E-state index in [1.165, 1.54) is 4.90 Å². The van der Waals surface area contributed by atoms with Gasteiger partial charge in [0.15, 0.2) is 0 Å². The third-order valence-corrected chi connectivity index (χ3v) is 5.95. The highest BCUT2D eigenvalue weighted by Crippen LogP contribution is 2.44. The molecule has 4 heteroatoms. The van der Waals surface area contributed by atoms with Gasteiger partial charge in [-0.3, -0.25) is 9.59 Å². The molecule has 2 amide bonds. The van der Waals surface area contributed by atoms with Crippen LogP contribution in [0, 0.1) is 18.8 Å². The minimum atomic E-state index is -0.150. The largest absolute Gasteiger partial charge is 0.274 e. The molecule has 0 radical (unpaired) electrons. The summed E-state index contributed by atoms with van der Waals surface area (Å²) >= 11 is 0. The van der Waals surface area contributed by atoms with Crippen molar-refractivity contribution in [1.82, 2.24) is 4.98 Å². The first-order chi connectivity index (χ1) is 12.7. The number of amides is 2. The lowest BCUT2D eigenvalue weighted by Gasteiger charge is -2.20. The van der Waals surface area contributed by atoms with Crippen LogP contribution in [0.4, 0.5) is 5.69 Å². The van der Waals surface area contributed by atoms with Crippen molar-refractivity contribution < 1.29 is 9.59 Å². The number of aryl methyl sites for hydroxylation is 1. The lowest BCUT2D eigenvalue weighted by atomic mass is 9.81. The van der Waals surface area contributed by atoms with Crippen molar-refractivity contribution in [1.29, 1.82) is 0 Å². The van der Waals surface area contributed by atoms with Crippen LogP contribution in [0.5, 0.6) is 0 Å². The van der Waals surface area contributed by atoms with E-state index in [0.29, 0.717) is 0 Å². The molecule has 4 nitrogen and oxygen atoms in total. The molecule has 0 spiro atoms. The Morgan fingerprint density at radius 3 is 2.27 bits per heavy atom. The molecule has 2 aromatic carbocycles. The third-order valence-electron chi connectivity index (χ3n) is 5.95. The summed E-state index contributed by atoms with van der Waals surface area (Å²) in [7, 11) is 0. The molecule has 2 fully saturated rings. The minimum Gasteiger partial charge on any atom is -0.274 e. The second kappa shape index (κ2) is 5.63. The van der Waals surface area contributed by atoms with Crippen LogP contribution >= 0.6 is 0 Å².